The molecule has 0 bridgehead atoms. The zero-order chi connectivity index (χ0) is 8.97. The van der Waals surface area contributed by atoms with Crippen molar-refractivity contribution in [3.05, 3.63) is 23.2 Å². The van der Waals surface area contributed by atoms with E-state index in [0.29, 0.717) is 16.5 Å². The molecule has 0 heterocycles. The van der Waals surface area contributed by atoms with Gasteiger partial charge in [-0.2, -0.15) is 5.26 Å². The van der Waals surface area contributed by atoms with Gasteiger partial charge in [-0.1, -0.05) is 11.6 Å². The van der Waals surface area contributed by atoms with E-state index in [-0.39, 0.29) is 6.61 Å². The summed E-state index contributed by atoms with van der Waals surface area (Å²) in [6.45, 7) is -0.000216. The molecule has 0 aliphatic rings. The van der Waals surface area contributed by atoms with Crippen LogP contribution in [0.2, 0.25) is 5.02 Å². The highest BCUT2D eigenvalue weighted by Crippen LogP contribution is 2.21. The number of rotatable bonds is 2. The third-order valence-corrected chi connectivity index (χ3v) is 1.42. The van der Waals surface area contributed by atoms with Gasteiger partial charge in [0.05, 0.1) is 0 Å². The number of hydrogen-bond donors (Lipinski definition) is 1. The van der Waals surface area contributed by atoms with Crippen molar-refractivity contribution in [3.8, 4) is 11.8 Å². The van der Waals surface area contributed by atoms with Crippen LogP contribution in [0.5, 0.6) is 5.75 Å². The van der Waals surface area contributed by atoms with Crippen molar-refractivity contribution in [1.82, 2.24) is 0 Å². The molecule has 2 N–H and O–H groups in total. The molecule has 0 aliphatic heterocycles. The normalized spacial score (nSPS) is 9.00. The number of hydrogen-bond acceptors (Lipinski definition) is 3. The Bertz CT molecular complexity index is 299. The van der Waals surface area contributed by atoms with Gasteiger partial charge in [-0.05, 0) is 12.1 Å². The van der Waals surface area contributed by atoms with Crippen LogP contribution in [0.25, 0.3) is 0 Å². The van der Waals surface area contributed by atoms with Crippen molar-refractivity contribution in [2.45, 2.75) is 0 Å². The number of nitriles is 1. The Hall–Kier alpha value is -1.40. The summed E-state index contributed by atoms with van der Waals surface area (Å²) in [4.78, 5) is 0. The first-order valence-electron chi connectivity index (χ1n) is 3.28. The second kappa shape index (κ2) is 3.84. The van der Waals surface area contributed by atoms with Crippen LogP contribution in [0.1, 0.15) is 0 Å². The van der Waals surface area contributed by atoms with Gasteiger partial charge < -0.3 is 10.5 Å². The van der Waals surface area contributed by atoms with Gasteiger partial charge in [0.1, 0.15) is 11.8 Å². The highest BCUT2D eigenvalue weighted by Gasteiger charge is 1.96. The van der Waals surface area contributed by atoms with E-state index in [2.05, 4.69) is 0 Å². The van der Waals surface area contributed by atoms with Gasteiger partial charge in [-0.25, -0.2) is 0 Å². The van der Waals surface area contributed by atoms with Crippen LogP contribution >= 0.6 is 11.6 Å². The first kappa shape index (κ1) is 8.69. The lowest BCUT2D eigenvalue weighted by Crippen LogP contribution is -1.94. The lowest BCUT2D eigenvalue weighted by Gasteiger charge is -2.02. The molecule has 0 aromatic heterocycles. The van der Waals surface area contributed by atoms with Crippen LogP contribution in [0.3, 0.4) is 0 Å². The summed E-state index contributed by atoms with van der Waals surface area (Å²) in [5.41, 5.74) is 6.01. The predicted molar refractivity (Wildman–Crippen MR) is 47.0 cm³/mol. The second-order valence-electron chi connectivity index (χ2n) is 2.17. The molecule has 0 radical (unpaired) electrons. The first-order valence-corrected chi connectivity index (χ1v) is 3.66. The molecule has 0 saturated carbocycles. The van der Waals surface area contributed by atoms with E-state index >= 15 is 0 Å². The van der Waals surface area contributed by atoms with E-state index in [4.69, 9.17) is 27.3 Å². The number of nitrogens with two attached hydrogens (primary N) is 1. The summed E-state index contributed by atoms with van der Waals surface area (Å²) in [7, 11) is 0. The molecular formula is C8H7ClN2O. The highest BCUT2D eigenvalue weighted by molar-refractivity contribution is 6.31. The fourth-order valence-corrected chi connectivity index (χ4v) is 1.02. The number of nitrogen functional groups attached to an aromatic ring is 1. The van der Waals surface area contributed by atoms with Gasteiger partial charge in [0.25, 0.3) is 0 Å². The van der Waals surface area contributed by atoms with Crippen LogP contribution in [-0.2, 0) is 0 Å². The largest absolute Gasteiger partial charge is 0.479 e. The Morgan fingerprint density at radius 3 is 2.83 bits per heavy atom. The number of benzene rings is 1. The monoisotopic (exact) mass is 182 g/mol. The maximum absolute atomic E-state index is 8.23. The fraction of sp³-hybridized carbons (Fsp3) is 0.125. The summed E-state index contributed by atoms with van der Waals surface area (Å²) in [6, 6.07) is 6.68. The quantitative estimate of drug-likeness (QED) is 0.710. The minimum Gasteiger partial charge on any atom is -0.479 e. The lowest BCUT2D eigenvalue weighted by molar-refractivity contribution is 0.368. The minimum absolute atomic E-state index is 0.000216. The van der Waals surface area contributed by atoms with Crippen molar-refractivity contribution >= 4 is 17.3 Å². The smallest absolute Gasteiger partial charge is 0.174 e. The molecule has 0 atom stereocenters. The third-order valence-electron chi connectivity index (χ3n) is 1.20. The fourth-order valence-electron chi connectivity index (χ4n) is 0.783. The van der Waals surface area contributed by atoms with Crippen molar-refractivity contribution < 1.29 is 4.74 Å². The van der Waals surface area contributed by atoms with Gasteiger partial charge >= 0.3 is 0 Å². The maximum Gasteiger partial charge on any atom is 0.174 e. The molecular weight excluding hydrogens is 176 g/mol. The van der Waals surface area contributed by atoms with E-state index in [9.17, 15) is 0 Å². The van der Waals surface area contributed by atoms with Gasteiger partial charge in [-0.3, -0.25) is 0 Å². The molecule has 0 spiro atoms. The number of halogens is 1. The zero-order valence-corrected chi connectivity index (χ0v) is 7.01. The van der Waals surface area contributed by atoms with Crippen molar-refractivity contribution in [3.63, 3.8) is 0 Å². The molecule has 1 rings (SSSR count). The van der Waals surface area contributed by atoms with Crippen LogP contribution in [-0.4, -0.2) is 6.61 Å². The molecule has 0 amide bonds. The Labute approximate surface area is 75.3 Å². The van der Waals surface area contributed by atoms with Crippen LogP contribution in [0.15, 0.2) is 18.2 Å². The molecule has 0 unspecified atom stereocenters. The summed E-state index contributed by atoms with van der Waals surface area (Å²) in [5, 5.41) is 8.73. The highest BCUT2D eigenvalue weighted by atomic mass is 35.5. The van der Waals surface area contributed by atoms with Crippen molar-refractivity contribution in [2.75, 3.05) is 12.3 Å². The average Bonchev–Trinajstić information content (AvgIpc) is 1.99. The third kappa shape index (κ3) is 2.33. The standard InChI is InChI=1S/C8H7ClN2O/c9-6-3-7(11)5-8(4-6)12-2-1-10/h3-5H,2,11H2. The topological polar surface area (TPSA) is 59.0 Å². The minimum atomic E-state index is -0.000216. The predicted octanol–water partition coefficient (Wildman–Crippen LogP) is 1.82. The molecule has 0 saturated heterocycles. The summed E-state index contributed by atoms with van der Waals surface area (Å²) in [5.74, 6) is 0.515. The van der Waals surface area contributed by atoms with Crippen LogP contribution < -0.4 is 10.5 Å². The first-order chi connectivity index (χ1) is 5.72. The Balaban J connectivity index is 2.80. The average molecular weight is 183 g/mol. The number of anilines is 1. The van der Waals surface area contributed by atoms with Gasteiger partial charge in [0.15, 0.2) is 6.61 Å². The van der Waals surface area contributed by atoms with E-state index in [1.807, 2.05) is 6.07 Å². The van der Waals surface area contributed by atoms with E-state index in [0.717, 1.165) is 0 Å². The van der Waals surface area contributed by atoms with Gasteiger partial charge in [-0.15, -0.1) is 0 Å². The van der Waals surface area contributed by atoms with E-state index in [1.54, 1.807) is 18.2 Å². The summed E-state index contributed by atoms with van der Waals surface area (Å²) in [6.07, 6.45) is 0. The number of nitrogens with zero attached hydrogens (tertiary/aromatic N) is 1. The van der Waals surface area contributed by atoms with E-state index < -0.39 is 0 Å². The van der Waals surface area contributed by atoms with Crippen molar-refractivity contribution in [2.24, 2.45) is 0 Å². The van der Waals surface area contributed by atoms with Crippen LogP contribution in [0.4, 0.5) is 5.69 Å². The maximum atomic E-state index is 8.23. The summed E-state index contributed by atoms with van der Waals surface area (Å²) >= 11 is 5.69. The Kier molecular flexibility index (Phi) is 2.78. The Morgan fingerprint density at radius 2 is 2.25 bits per heavy atom. The molecule has 3 nitrogen and oxygen atoms in total. The number of ether oxygens (including phenoxy) is 1. The zero-order valence-electron chi connectivity index (χ0n) is 6.25. The van der Waals surface area contributed by atoms with Gasteiger partial charge in [0, 0.05) is 16.8 Å². The molecule has 62 valence electrons. The molecule has 0 fully saturated rings. The molecule has 1 aromatic rings. The summed E-state index contributed by atoms with van der Waals surface area (Å²) < 4.78 is 4.99. The van der Waals surface area contributed by atoms with Gasteiger partial charge in [0.2, 0.25) is 0 Å². The SMILES string of the molecule is N#CCOc1cc(N)cc(Cl)c1. The molecule has 0 aliphatic carbocycles. The Morgan fingerprint density at radius 1 is 1.50 bits per heavy atom. The second-order valence-corrected chi connectivity index (χ2v) is 2.60. The van der Waals surface area contributed by atoms with Crippen molar-refractivity contribution in [1.29, 1.82) is 5.26 Å². The molecule has 4 heteroatoms. The van der Waals surface area contributed by atoms with Crippen LogP contribution in [0, 0.1) is 11.3 Å². The molecule has 1 aromatic carbocycles. The van der Waals surface area contributed by atoms with E-state index in [1.165, 1.54) is 0 Å². The molecule has 12 heavy (non-hydrogen) atoms. The lowest BCUT2D eigenvalue weighted by atomic mass is 10.3.